The topological polar surface area (TPSA) is 29.5 Å². The summed E-state index contributed by atoms with van der Waals surface area (Å²) in [6.45, 7) is 5.78. The summed E-state index contributed by atoms with van der Waals surface area (Å²) in [4.78, 5) is 13.4. The molecule has 1 aromatic carbocycles. The zero-order chi connectivity index (χ0) is 15.0. The minimum absolute atomic E-state index is 0.0246. The lowest BCUT2D eigenvalue weighted by Gasteiger charge is -2.40. The highest BCUT2D eigenvalue weighted by Gasteiger charge is 2.46. The number of nitrogens with zero attached hydrogens (tertiary/aromatic N) is 1. The molecule has 114 valence electrons. The Hall–Kier alpha value is -1.42. The highest BCUT2D eigenvalue weighted by atomic mass is 19.1. The molecule has 1 fully saturated rings. The van der Waals surface area contributed by atoms with Crippen LogP contribution < -0.4 is 0 Å². The lowest BCUT2D eigenvalue weighted by molar-refractivity contribution is -0.130. The number of likely N-dealkylation sites (tertiary alicyclic amines) is 1. The van der Waals surface area contributed by atoms with Crippen molar-refractivity contribution < 1.29 is 13.9 Å². The molecule has 2 aliphatic rings. The van der Waals surface area contributed by atoms with E-state index in [0.29, 0.717) is 6.61 Å². The van der Waals surface area contributed by atoms with Gasteiger partial charge in [0.1, 0.15) is 5.82 Å². The van der Waals surface area contributed by atoms with Crippen molar-refractivity contribution >= 4 is 5.91 Å². The van der Waals surface area contributed by atoms with Gasteiger partial charge >= 0.3 is 0 Å². The van der Waals surface area contributed by atoms with Gasteiger partial charge in [0, 0.05) is 32.0 Å². The molecular weight excluding hydrogens is 269 g/mol. The summed E-state index contributed by atoms with van der Waals surface area (Å²) in [6.07, 6.45) is 2.76. The van der Waals surface area contributed by atoms with Crippen molar-refractivity contribution in [3.8, 4) is 0 Å². The Bertz CT molecular complexity index is 550. The first-order valence-corrected chi connectivity index (χ1v) is 7.73. The summed E-state index contributed by atoms with van der Waals surface area (Å²) in [5, 5.41) is 0. The third-order valence-electron chi connectivity index (χ3n) is 5.04. The van der Waals surface area contributed by atoms with Gasteiger partial charge in [0.15, 0.2) is 0 Å². The van der Waals surface area contributed by atoms with E-state index in [1.54, 1.807) is 13.0 Å². The fourth-order valence-electron chi connectivity index (χ4n) is 3.92. The molecule has 0 aromatic heterocycles. The quantitative estimate of drug-likeness (QED) is 0.837. The molecular formula is C17H22FNO2. The van der Waals surface area contributed by atoms with Crippen LogP contribution in [0, 0.1) is 5.82 Å². The van der Waals surface area contributed by atoms with Crippen molar-refractivity contribution in [3.05, 3.63) is 35.1 Å². The van der Waals surface area contributed by atoms with Gasteiger partial charge in [-0.05, 0) is 49.4 Å². The maximum absolute atomic E-state index is 13.7. The van der Waals surface area contributed by atoms with Crippen molar-refractivity contribution in [2.24, 2.45) is 0 Å². The van der Waals surface area contributed by atoms with E-state index in [2.05, 4.69) is 0 Å². The number of piperidine rings is 1. The lowest BCUT2D eigenvalue weighted by Crippen LogP contribution is -2.43. The zero-order valence-electron chi connectivity index (χ0n) is 12.7. The van der Waals surface area contributed by atoms with Crippen LogP contribution in [-0.2, 0) is 14.9 Å². The average Bonchev–Trinajstić information content (AvgIpc) is 2.74. The van der Waals surface area contributed by atoms with Gasteiger partial charge in [-0.25, -0.2) is 4.39 Å². The van der Waals surface area contributed by atoms with Crippen molar-refractivity contribution in [2.45, 2.75) is 44.6 Å². The van der Waals surface area contributed by atoms with E-state index in [0.717, 1.165) is 43.5 Å². The molecule has 1 spiro atoms. The molecule has 1 saturated heterocycles. The lowest BCUT2D eigenvalue weighted by atomic mass is 9.73. The zero-order valence-corrected chi connectivity index (χ0v) is 12.7. The van der Waals surface area contributed by atoms with Gasteiger partial charge in [-0.3, -0.25) is 4.79 Å². The molecule has 0 saturated carbocycles. The first kappa shape index (κ1) is 14.5. The Morgan fingerprint density at radius 1 is 1.43 bits per heavy atom. The summed E-state index contributed by atoms with van der Waals surface area (Å²) in [5.41, 5.74) is 2.21. The van der Waals surface area contributed by atoms with Gasteiger partial charge in [0.2, 0.25) is 5.91 Å². The van der Waals surface area contributed by atoms with Gasteiger partial charge in [-0.1, -0.05) is 6.07 Å². The molecule has 0 radical (unpaired) electrons. The third-order valence-corrected chi connectivity index (χ3v) is 5.04. The smallest absolute Gasteiger partial charge is 0.219 e. The van der Waals surface area contributed by atoms with Gasteiger partial charge in [-0.2, -0.15) is 0 Å². The number of rotatable bonds is 2. The molecule has 1 aliphatic carbocycles. The Morgan fingerprint density at radius 3 is 2.76 bits per heavy atom. The fourth-order valence-corrected chi connectivity index (χ4v) is 3.92. The van der Waals surface area contributed by atoms with Crippen molar-refractivity contribution in [3.63, 3.8) is 0 Å². The average molecular weight is 291 g/mol. The van der Waals surface area contributed by atoms with E-state index in [-0.39, 0.29) is 23.2 Å². The number of halogens is 1. The van der Waals surface area contributed by atoms with Crippen LogP contribution in [0.5, 0.6) is 0 Å². The summed E-state index contributed by atoms with van der Waals surface area (Å²) >= 11 is 0. The van der Waals surface area contributed by atoms with E-state index >= 15 is 0 Å². The summed E-state index contributed by atoms with van der Waals surface area (Å²) in [7, 11) is 0. The predicted molar refractivity (Wildman–Crippen MR) is 78.6 cm³/mol. The SMILES string of the molecule is CCOC1CC2(CCN(C(C)=O)CC2)c2cc(F)ccc21. The molecule has 1 aliphatic heterocycles. The number of carbonyl (C=O) groups is 1. The second-order valence-corrected chi connectivity index (χ2v) is 6.17. The molecule has 0 N–H and O–H groups in total. The Labute approximate surface area is 125 Å². The number of hydrogen-bond acceptors (Lipinski definition) is 2. The number of ether oxygens (including phenoxy) is 1. The Morgan fingerprint density at radius 2 is 2.14 bits per heavy atom. The molecule has 4 heteroatoms. The van der Waals surface area contributed by atoms with E-state index in [9.17, 15) is 9.18 Å². The molecule has 1 atom stereocenters. The summed E-state index contributed by atoms with van der Waals surface area (Å²) < 4.78 is 19.6. The van der Waals surface area contributed by atoms with E-state index in [1.165, 1.54) is 6.07 Å². The molecule has 1 unspecified atom stereocenters. The van der Waals surface area contributed by atoms with Crippen molar-refractivity contribution in [2.75, 3.05) is 19.7 Å². The van der Waals surface area contributed by atoms with Crippen LogP contribution in [0.1, 0.15) is 50.3 Å². The van der Waals surface area contributed by atoms with Crippen LogP contribution in [0.2, 0.25) is 0 Å². The summed E-state index contributed by atoms with van der Waals surface area (Å²) in [6, 6.07) is 5.07. The van der Waals surface area contributed by atoms with Crippen LogP contribution in [0.3, 0.4) is 0 Å². The Balaban J connectivity index is 1.91. The molecule has 3 nitrogen and oxygen atoms in total. The van der Waals surface area contributed by atoms with Crippen LogP contribution >= 0.6 is 0 Å². The Kier molecular flexibility index (Phi) is 3.74. The maximum atomic E-state index is 13.7. The standard InChI is InChI=1S/C17H22FNO2/c1-3-21-16-11-17(6-8-19(9-7-17)12(2)20)15-10-13(18)4-5-14(15)16/h4-5,10,16H,3,6-9,11H2,1-2H3. The van der Waals surface area contributed by atoms with Crippen LogP contribution in [-0.4, -0.2) is 30.5 Å². The molecule has 0 bridgehead atoms. The fraction of sp³-hybridized carbons (Fsp3) is 0.588. The summed E-state index contributed by atoms with van der Waals surface area (Å²) in [5.74, 6) is -0.0528. The second kappa shape index (κ2) is 5.41. The monoisotopic (exact) mass is 291 g/mol. The minimum Gasteiger partial charge on any atom is -0.374 e. The molecule has 1 aromatic rings. The number of amides is 1. The van der Waals surface area contributed by atoms with Gasteiger partial charge in [-0.15, -0.1) is 0 Å². The van der Waals surface area contributed by atoms with E-state index in [1.807, 2.05) is 17.9 Å². The highest BCUT2D eigenvalue weighted by molar-refractivity contribution is 5.73. The van der Waals surface area contributed by atoms with Gasteiger partial charge in [0.05, 0.1) is 6.10 Å². The van der Waals surface area contributed by atoms with Crippen LogP contribution in [0.4, 0.5) is 4.39 Å². The third kappa shape index (κ3) is 2.46. The molecule has 1 heterocycles. The van der Waals surface area contributed by atoms with Gasteiger partial charge in [0.25, 0.3) is 0 Å². The van der Waals surface area contributed by atoms with E-state index in [4.69, 9.17) is 4.74 Å². The molecule has 1 amide bonds. The number of carbonyl (C=O) groups excluding carboxylic acids is 1. The molecule has 3 rings (SSSR count). The second-order valence-electron chi connectivity index (χ2n) is 6.17. The largest absolute Gasteiger partial charge is 0.374 e. The minimum atomic E-state index is -0.181. The number of benzene rings is 1. The predicted octanol–water partition coefficient (Wildman–Crippen LogP) is 3.19. The number of fused-ring (bicyclic) bond motifs is 2. The maximum Gasteiger partial charge on any atom is 0.219 e. The first-order valence-electron chi connectivity index (χ1n) is 7.73. The first-order chi connectivity index (χ1) is 10.1. The van der Waals surface area contributed by atoms with Crippen molar-refractivity contribution in [1.82, 2.24) is 4.90 Å². The van der Waals surface area contributed by atoms with E-state index < -0.39 is 0 Å². The van der Waals surface area contributed by atoms with Crippen molar-refractivity contribution in [1.29, 1.82) is 0 Å². The molecule has 21 heavy (non-hydrogen) atoms. The number of hydrogen-bond donors (Lipinski definition) is 0. The van der Waals surface area contributed by atoms with Crippen LogP contribution in [0.15, 0.2) is 18.2 Å². The normalized spacial score (nSPS) is 23.4. The van der Waals surface area contributed by atoms with Crippen LogP contribution in [0.25, 0.3) is 0 Å². The van der Waals surface area contributed by atoms with Gasteiger partial charge < -0.3 is 9.64 Å². The highest BCUT2D eigenvalue weighted by Crippen LogP contribution is 2.52.